The Hall–Kier alpha value is -1.06. The molecule has 1 aromatic rings. The van der Waals surface area contributed by atoms with Crippen molar-refractivity contribution in [3.8, 4) is 0 Å². The molecule has 14 heavy (non-hydrogen) atoms. The lowest BCUT2D eigenvalue weighted by Crippen LogP contribution is -2.25. The van der Waals surface area contributed by atoms with Crippen LogP contribution >= 0.6 is 0 Å². The number of hydrogen-bond donors (Lipinski definition) is 2. The van der Waals surface area contributed by atoms with Gasteiger partial charge in [-0.25, -0.2) is 0 Å². The molecule has 0 aliphatic carbocycles. The van der Waals surface area contributed by atoms with E-state index in [2.05, 4.69) is 11.8 Å². The lowest BCUT2D eigenvalue weighted by atomic mass is 10.2. The lowest BCUT2D eigenvalue weighted by Gasteiger charge is -2.18. The summed E-state index contributed by atoms with van der Waals surface area (Å²) in [7, 11) is 0. The highest BCUT2D eigenvalue weighted by atomic mass is 16.3. The Morgan fingerprint density at radius 2 is 1.93 bits per heavy atom. The van der Waals surface area contributed by atoms with Crippen molar-refractivity contribution in [2.24, 2.45) is 0 Å². The Bertz CT molecular complexity index is 258. The summed E-state index contributed by atoms with van der Waals surface area (Å²) in [6, 6.07) is 7.86. The zero-order valence-corrected chi connectivity index (χ0v) is 8.61. The molecule has 0 heterocycles. The molecule has 0 radical (unpaired) electrons. The minimum Gasteiger partial charge on any atom is -0.399 e. The van der Waals surface area contributed by atoms with Gasteiger partial charge in [0.15, 0.2) is 0 Å². The van der Waals surface area contributed by atoms with Crippen molar-refractivity contribution in [3.63, 3.8) is 0 Å². The molecule has 0 aromatic heterocycles. The molecule has 0 aliphatic heterocycles. The maximum Gasteiger partial charge on any atom is 0.0558 e. The van der Waals surface area contributed by atoms with Crippen LogP contribution in [0.25, 0.3) is 0 Å². The standard InChI is InChI=1S/C11H18N2O/c1-2-13(7-8-14)9-10-3-5-11(12)6-4-10/h3-6,14H,2,7-9,12H2,1H3. The van der Waals surface area contributed by atoms with Crippen LogP contribution in [0.1, 0.15) is 12.5 Å². The molecule has 1 rings (SSSR count). The second-order valence-corrected chi connectivity index (χ2v) is 3.33. The number of rotatable bonds is 5. The molecule has 0 saturated carbocycles. The molecule has 3 heteroatoms. The summed E-state index contributed by atoms with van der Waals surface area (Å²) in [5, 5.41) is 8.83. The lowest BCUT2D eigenvalue weighted by molar-refractivity contribution is 0.197. The van der Waals surface area contributed by atoms with Gasteiger partial charge in [-0.2, -0.15) is 0 Å². The molecule has 78 valence electrons. The smallest absolute Gasteiger partial charge is 0.0558 e. The highest BCUT2D eigenvalue weighted by molar-refractivity contribution is 5.39. The van der Waals surface area contributed by atoms with E-state index in [0.29, 0.717) is 0 Å². The van der Waals surface area contributed by atoms with Gasteiger partial charge in [-0.3, -0.25) is 4.90 Å². The fourth-order valence-corrected chi connectivity index (χ4v) is 1.37. The van der Waals surface area contributed by atoms with Crippen LogP contribution in [0.2, 0.25) is 0 Å². The Kier molecular flexibility index (Phi) is 4.43. The van der Waals surface area contributed by atoms with Crippen molar-refractivity contribution >= 4 is 5.69 Å². The van der Waals surface area contributed by atoms with Crippen molar-refractivity contribution in [2.45, 2.75) is 13.5 Å². The quantitative estimate of drug-likeness (QED) is 0.690. The van der Waals surface area contributed by atoms with Crippen molar-refractivity contribution in [2.75, 3.05) is 25.4 Å². The van der Waals surface area contributed by atoms with E-state index in [1.165, 1.54) is 5.56 Å². The van der Waals surface area contributed by atoms with Gasteiger partial charge in [0, 0.05) is 18.8 Å². The van der Waals surface area contributed by atoms with E-state index in [-0.39, 0.29) is 6.61 Å². The SMILES string of the molecule is CCN(CCO)Cc1ccc(N)cc1. The van der Waals surface area contributed by atoms with E-state index in [4.69, 9.17) is 10.8 Å². The van der Waals surface area contributed by atoms with E-state index < -0.39 is 0 Å². The first-order valence-corrected chi connectivity index (χ1v) is 4.94. The summed E-state index contributed by atoms with van der Waals surface area (Å²) < 4.78 is 0. The molecule has 0 fully saturated rings. The van der Waals surface area contributed by atoms with Crippen LogP contribution in [0.15, 0.2) is 24.3 Å². The van der Waals surface area contributed by atoms with Crippen LogP contribution in [-0.2, 0) is 6.54 Å². The number of benzene rings is 1. The van der Waals surface area contributed by atoms with Crippen molar-refractivity contribution in [3.05, 3.63) is 29.8 Å². The van der Waals surface area contributed by atoms with E-state index in [0.717, 1.165) is 25.3 Å². The molecule has 3 N–H and O–H groups in total. The first kappa shape index (κ1) is 11.0. The third-order valence-electron chi connectivity index (χ3n) is 2.25. The summed E-state index contributed by atoms with van der Waals surface area (Å²) in [5.41, 5.74) is 7.62. The van der Waals surface area contributed by atoms with Gasteiger partial charge < -0.3 is 10.8 Å². The third-order valence-corrected chi connectivity index (χ3v) is 2.25. The van der Waals surface area contributed by atoms with E-state index >= 15 is 0 Å². The normalized spacial score (nSPS) is 10.8. The maximum atomic E-state index is 8.83. The summed E-state index contributed by atoms with van der Waals surface area (Å²) in [4.78, 5) is 2.19. The van der Waals surface area contributed by atoms with Gasteiger partial charge in [-0.05, 0) is 24.2 Å². The molecule has 3 nitrogen and oxygen atoms in total. The predicted octanol–water partition coefficient (Wildman–Crippen LogP) is 1.08. The molecular weight excluding hydrogens is 176 g/mol. The molecule has 0 saturated heterocycles. The summed E-state index contributed by atoms with van der Waals surface area (Å²) in [6.45, 7) is 4.85. The molecular formula is C11H18N2O. The summed E-state index contributed by atoms with van der Waals surface area (Å²) >= 11 is 0. The monoisotopic (exact) mass is 194 g/mol. The van der Waals surface area contributed by atoms with Crippen LogP contribution in [0.4, 0.5) is 5.69 Å². The fraction of sp³-hybridized carbons (Fsp3) is 0.455. The van der Waals surface area contributed by atoms with Gasteiger partial charge in [0.1, 0.15) is 0 Å². The number of aliphatic hydroxyl groups is 1. The predicted molar refractivity (Wildman–Crippen MR) is 58.9 cm³/mol. The molecule has 0 bridgehead atoms. The second kappa shape index (κ2) is 5.62. The molecule has 0 amide bonds. The second-order valence-electron chi connectivity index (χ2n) is 3.33. The average molecular weight is 194 g/mol. The van der Waals surface area contributed by atoms with Crippen molar-refractivity contribution in [1.82, 2.24) is 4.90 Å². The minimum atomic E-state index is 0.211. The molecule has 0 unspecified atom stereocenters. The van der Waals surface area contributed by atoms with Gasteiger partial charge >= 0.3 is 0 Å². The summed E-state index contributed by atoms with van der Waals surface area (Å²) in [5.74, 6) is 0. The van der Waals surface area contributed by atoms with Crippen LogP contribution in [0, 0.1) is 0 Å². The van der Waals surface area contributed by atoms with Crippen molar-refractivity contribution in [1.29, 1.82) is 0 Å². The fourth-order valence-electron chi connectivity index (χ4n) is 1.37. The number of hydrogen-bond acceptors (Lipinski definition) is 3. The third kappa shape index (κ3) is 3.36. The zero-order chi connectivity index (χ0) is 10.4. The molecule has 1 aromatic carbocycles. The Balaban J connectivity index is 2.53. The number of nitrogen functional groups attached to an aromatic ring is 1. The number of aliphatic hydroxyl groups excluding tert-OH is 1. The van der Waals surface area contributed by atoms with Gasteiger partial charge in [-0.1, -0.05) is 19.1 Å². The molecule has 0 atom stereocenters. The van der Waals surface area contributed by atoms with Crippen LogP contribution < -0.4 is 5.73 Å². The highest BCUT2D eigenvalue weighted by Crippen LogP contribution is 2.08. The Labute approximate surface area is 85.2 Å². The Morgan fingerprint density at radius 1 is 1.29 bits per heavy atom. The number of nitrogens with zero attached hydrogens (tertiary/aromatic N) is 1. The zero-order valence-electron chi connectivity index (χ0n) is 8.61. The average Bonchev–Trinajstić information content (AvgIpc) is 2.20. The molecule has 0 aliphatic rings. The van der Waals surface area contributed by atoms with E-state index in [1.54, 1.807) is 0 Å². The Morgan fingerprint density at radius 3 is 2.43 bits per heavy atom. The first-order valence-electron chi connectivity index (χ1n) is 4.94. The largest absolute Gasteiger partial charge is 0.399 e. The summed E-state index contributed by atoms with van der Waals surface area (Å²) in [6.07, 6.45) is 0. The van der Waals surface area contributed by atoms with Gasteiger partial charge in [-0.15, -0.1) is 0 Å². The maximum absolute atomic E-state index is 8.83. The van der Waals surface area contributed by atoms with Crippen LogP contribution in [0.3, 0.4) is 0 Å². The molecule has 0 spiro atoms. The highest BCUT2D eigenvalue weighted by Gasteiger charge is 2.01. The van der Waals surface area contributed by atoms with Gasteiger partial charge in [0.25, 0.3) is 0 Å². The van der Waals surface area contributed by atoms with Gasteiger partial charge in [0.05, 0.1) is 6.61 Å². The van der Waals surface area contributed by atoms with E-state index in [9.17, 15) is 0 Å². The first-order chi connectivity index (χ1) is 6.76. The number of likely N-dealkylation sites (N-methyl/N-ethyl adjacent to an activating group) is 1. The van der Waals surface area contributed by atoms with Crippen LogP contribution in [-0.4, -0.2) is 29.7 Å². The number of anilines is 1. The minimum absolute atomic E-state index is 0.211. The van der Waals surface area contributed by atoms with E-state index in [1.807, 2.05) is 24.3 Å². The van der Waals surface area contributed by atoms with Crippen molar-refractivity contribution < 1.29 is 5.11 Å². The topological polar surface area (TPSA) is 49.5 Å². The van der Waals surface area contributed by atoms with Crippen LogP contribution in [0.5, 0.6) is 0 Å². The van der Waals surface area contributed by atoms with Gasteiger partial charge in [0.2, 0.25) is 0 Å². The number of nitrogens with two attached hydrogens (primary N) is 1.